The lowest BCUT2D eigenvalue weighted by Crippen LogP contribution is -2.00. The van der Waals surface area contributed by atoms with E-state index in [1.165, 1.54) is 22.5 Å². The molecule has 0 atom stereocenters. The molecule has 5 heteroatoms. The Morgan fingerprint density at radius 1 is 1.47 bits per heavy atom. The maximum Gasteiger partial charge on any atom is 0.205 e. The monoisotopic (exact) mass is 283 g/mol. The molecule has 2 rings (SSSR count). The average Bonchev–Trinajstić information content (AvgIpc) is 2.69. The van der Waals surface area contributed by atoms with Gasteiger partial charge in [0.05, 0.1) is 0 Å². The number of anilines is 1. The summed E-state index contributed by atoms with van der Waals surface area (Å²) < 4.78 is 1.11. The quantitative estimate of drug-likeness (QED) is 0.940. The van der Waals surface area contributed by atoms with Crippen LogP contribution in [0, 0.1) is 6.92 Å². The van der Waals surface area contributed by atoms with Gasteiger partial charge in [0.2, 0.25) is 5.13 Å². The first-order valence-corrected chi connectivity index (χ1v) is 6.18. The molecule has 3 nitrogen and oxygen atoms in total. The van der Waals surface area contributed by atoms with Crippen LogP contribution in [0.4, 0.5) is 5.13 Å². The molecule has 0 aliphatic heterocycles. The van der Waals surface area contributed by atoms with Gasteiger partial charge in [-0.05, 0) is 30.2 Å². The van der Waals surface area contributed by atoms with Crippen LogP contribution in [0.15, 0.2) is 28.2 Å². The van der Waals surface area contributed by atoms with Crippen LogP contribution in [0.2, 0.25) is 0 Å². The lowest BCUT2D eigenvalue weighted by molar-refractivity contribution is 1.04. The number of aryl methyl sites for hydroxylation is 1. The second kappa shape index (κ2) is 4.72. The largest absolute Gasteiger partial charge is 0.356 e. The molecule has 0 spiro atoms. The Morgan fingerprint density at radius 3 is 3.00 bits per heavy atom. The summed E-state index contributed by atoms with van der Waals surface area (Å²) >= 11 is 4.95. The van der Waals surface area contributed by atoms with Crippen molar-refractivity contribution in [2.45, 2.75) is 13.5 Å². The second-order valence-electron chi connectivity index (χ2n) is 3.17. The Morgan fingerprint density at radius 2 is 2.33 bits per heavy atom. The van der Waals surface area contributed by atoms with Crippen LogP contribution < -0.4 is 5.32 Å². The fourth-order valence-corrected chi connectivity index (χ4v) is 2.20. The summed E-state index contributed by atoms with van der Waals surface area (Å²) in [5.41, 5.74) is 4.26. The predicted octanol–water partition coefficient (Wildman–Crippen LogP) is 3.22. The van der Waals surface area contributed by atoms with E-state index in [1.807, 2.05) is 6.07 Å². The van der Waals surface area contributed by atoms with E-state index in [1.54, 1.807) is 5.51 Å². The number of aromatic nitrogens is 2. The minimum absolute atomic E-state index is 0.786. The highest BCUT2D eigenvalue weighted by Crippen LogP contribution is 2.17. The molecule has 0 radical (unpaired) electrons. The van der Waals surface area contributed by atoms with Crippen molar-refractivity contribution in [3.8, 4) is 0 Å². The molecule has 0 saturated heterocycles. The molecule has 1 heterocycles. The fraction of sp³-hybridized carbons (Fsp3) is 0.200. The van der Waals surface area contributed by atoms with Gasteiger partial charge in [-0.25, -0.2) is 0 Å². The van der Waals surface area contributed by atoms with E-state index in [-0.39, 0.29) is 0 Å². The minimum Gasteiger partial charge on any atom is -0.356 e. The normalized spacial score (nSPS) is 10.3. The molecule has 1 aromatic carbocycles. The maximum atomic E-state index is 3.93. The third-order valence-electron chi connectivity index (χ3n) is 2.09. The van der Waals surface area contributed by atoms with Crippen molar-refractivity contribution in [3.05, 3.63) is 39.3 Å². The molecule has 1 N–H and O–H groups in total. The molecule has 15 heavy (non-hydrogen) atoms. The van der Waals surface area contributed by atoms with Crippen LogP contribution >= 0.6 is 27.3 Å². The van der Waals surface area contributed by atoms with Crippen molar-refractivity contribution in [3.63, 3.8) is 0 Å². The highest BCUT2D eigenvalue weighted by Gasteiger charge is 2.00. The Balaban J connectivity index is 2.05. The Hall–Kier alpha value is -0.940. The van der Waals surface area contributed by atoms with E-state index in [4.69, 9.17) is 0 Å². The van der Waals surface area contributed by atoms with Crippen LogP contribution in [-0.4, -0.2) is 10.2 Å². The maximum absolute atomic E-state index is 3.93. The standard InChI is InChI=1S/C10H10BrN3S/c1-7-4-9(11)3-2-8(7)5-12-10-14-13-6-15-10/h2-4,6H,5H2,1H3,(H,12,14). The van der Waals surface area contributed by atoms with E-state index in [9.17, 15) is 0 Å². The van der Waals surface area contributed by atoms with Crippen molar-refractivity contribution in [2.75, 3.05) is 5.32 Å². The van der Waals surface area contributed by atoms with Gasteiger partial charge in [-0.1, -0.05) is 33.3 Å². The van der Waals surface area contributed by atoms with Gasteiger partial charge in [-0.3, -0.25) is 0 Å². The van der Waals surface area contributed by atoms with Gasteiger partial charge in [0.1, 0.15) is 5.51 Å². The van der Waals surface area contributed by atoms with E-state index in [0.29, 0.717) is 0 Å². The SMILES string of the molecule is Cc1cc(Br)ccc1CNc1nncs1. The molecule has 0 saturated carbocycles. The third kappa shape index (κ3) is 2.76. The van der Waals surface area contributed by atoms with Crippen molar-refractivity contribution in [1.82, 2.24) is 10.2 Å². The molecule has 0 amide bonds. The van der Waals surface area contributed by atoms with E-state index >= 15 is 0 Å². The first-order valence-electron chi connectivity index (χ1n) is 4.51. The van der Waals surface area contributed by atoms with Crippen molar-refractivity contribution >= 4 is 32.4 Å². The summed E-state index contributed by atoms with van der Waals surface area (Å²) in [6.07, 6.45) is 0. The summed E-state index contributed by atoms with van der Waals surface area (Å²) in [5, 5.41) is 11.8. The van der Waals surface area contributed by atoms with Gasteiger partial charge < -0.3 is 5.32 Å². The molecule has 0 fully saturated rings. The van der Waals surface area contributed by atoms with Crippen LogP contribution in [0.1, 0.15) is 11.1 Å². The van der Waals surface area contributed by atoms with Gasteiger partial charge in [0, 0.05) is 11.0 Å². The first kappa shape index (κ1) is 10.6. The lowest BCUT2D eigenvalue weighted by Gasteiger charge is -2.06. The number of nitrogens with zero attached hydrogens (tertiary/aromatic N) is 2. The van der Waals surface area contributed by atoms with Crippen molar-refractivity contribution in [1.29, 1.82) is 0 Å². The molecule has 0 aliphatic carbocycles. The molecule has 0 aliphatic rings. The fourth-order valence-electron chi connectivity index (χ4n) is 1.28. The van der Waals surface area contributed by atoms with Gasteiger partial charge >= 0.3 is 0 Å². The number of nitrogens with one attached hydrogen (secondary N) is 1. The Bertz CT molecular complexity index is 442. The number of benzene rings is 1. The smallest absolute Gasteiger partial charge is 0.205 e. The zero-order chi connectivity index (χ0) is 10.7. The number of rotatable bonds is 3. The van der Waals surface area contributed by atoms with E-state index in [2.05, 4.69) is 50.5 Å². The highest BCUT2D eigenvalue weighted by atomic mass is 79.9. The molecule has 78 valence electrons. The minimum atomic E-state index is 0.786. The number of halogens is 1. The van der Waals surface area contributed by atoms with Gasteiger partial charge in [-0.2, -0.15) is 0 Å². The van der Waals surface area contributed by atoms with Crippen LogP contribution in [-0.2, 0) is 6.54 Å². The van der Waals surface area contributed by atoms with Gasteiger partial charge in [-0.15, -0.1) is 10.2 Å². The number of hydrogen-bond acceptors (Lipinski definition) is 4. The van der Waals surface area contributed by atoms with E-state index in [0.717, 1.165) is 16.1 Å². The summed E-state index contributed by atoms with van der Waals surface area (Å²) in [7, 11) is 0. The molecule has 1 aromatic heterocycles. The van der Waals surface area contributed by atoms with Crippen LogP contribution in [0.5, 0.6) is 0 Å². The Kier molecular flexibility index (Phi) is 3.33. The summed E-state index contributed by atoms with van der Waals surface area (Å²) in [6, 6.07) is 6.26. The van der Waals surface area contributed by atoms with Crippen LogP contribution in [0.25, 0.3) is 0 Å². The van der Waals surface area contributed by atoms with Gasteiger partial charge in [0.25, 0.3) is 0 Å². The Labute approximate surface area is 101 Å². The zero-order valence-electron chi connectivity index (χ0n) is 8.20. The second-order valence-corrected chi connectivity index (χ2v) is 4.92. The molecular formula is C10H10BrN3S. The summed E-state index contributed by atoms with van der Waals surface area (Å²) in [4.78, 5) is 0. The molecule has 2 aromatic rings. The first-order chi connectivity index (χ1) is 7.25. The number of hydrogen-bond donors (Lipinski definition) is 1. The highest BCUT2D eigenvalue weighted by molar-refractivity contribution is 9.10. The van der Waals surface area contributed by atoms with Crippen molar-refractivity contribution in [2.24, 2.45) is 0 Å². The van der Waals surface area contributed by atoms with E-state index < -0.39 is 0 Å². The molecular weight excluding hydrogens is 274 g/mol. The van der Waals surface area contributed by atoms with Crippen LogP contribution in [0.3, 0.4) is 0 Å². The summed E-state index contributed by atoms with van der Waals surface area (Å²) in [5.74, 6) is 0. The third-order valence-corrected chi connectivity index (χ3v) is 3.24. The lowest BCUT2D eigenvalue weighted by atomic mass is 10.1. The average molecular weight is 284 g/mol. The molecule has 0 bridgehead atoms. The topological polar surface area (TPSA) is 37.8 Å². The molecule has 0 unspecified atom stereocenters. The zero-order valence-corrected chi connectivity index (χ0v) is 10.6. The predicted molar refractivity (Wildman–Crippen MR) is 66.1 cm³/mol. The van der Waals surface area contributed by atoms with Gasteiger partial charge in [0.15, 0.2) is 0 Å². The summed E-state index contributed by atoms with van der Waals surface area (Å²) in [6.45, 7) is 2.89. The van der Waals surface area contributed by atoms with Crippen molar-refractivity contribution < 1.29 is 0 Å².